The molecule has 0 bridgehead atoms. The van der Waals surface area contributed by atoms with Gasteiger partial charge in [-0.2, -0.15) is 0 Å². The molecule has 0 aliphatic rings. The molecule has 1 atom stereocenters. The van der Waals surface area contributed by atoms with Gasteiger partial charge < -0.3 is 10.2 Å². The van der Waals surface area contributed by atoms with Crippen LogP contribution >= 0.6 is 23.2 Å². The van der Waals surface area contributed by atoms with Gasteiger partial charge in [0.2, 0.25) is 11.8 Å². The number of hydrogen-bond donors (Lipinski definition) is 1. The Morgan fingerprint density at radius 3 is 2.20 bits per heavy atom. The van der Waals surface area contributed by atoms with Crippen molar-refractivity contribution in [2.75, 3.05) is 17.4 Å². The van der Waals surface area contributed by atoms with E-state index in [-0.39, 0.29) is 29.0 Å². The molecule has 0 saturated heterocycles. The summed E-state index contributed by atoms with van der Waals surface area (Å²) in [7, 11) is -4.20. The summed E-state index contributed by atoms with van der Waals surface area (Å²) in [5, 5.41) is 3.62. The maximum atomic E-state index is 14.1. The van der Waals surface area contributed by atoms with Crippen LogP contribution in [-0.4, -0.2) is 44.3 Å². The Kier molecular flexibility index (Phi) is 11.0. The number of nitrogens with one attached hydrogen (secondary N) is 1. The summed E-state index contributed by atoms with van der Waals surface area (Å²) in [5.41, 5.74) is 2.06. The molecular weight excluding hydrogens is 569 g/mol. The molecule has 0 aliphatic carbocycles. The van der Waals surface area contributed by atoms with Gasteiger partial charge in [0.25, 0.3) is 10.0 Å². The molecule has 1 N–H and O–H groups in total. The fraction of sp³-hybridized carbons (Fsp3) is 0.333. The number of benzene rings is 3. The van der Waals surface area contributed by atoms with Gasteiger partial charge in [0, 0.05) is 23.1 Å². The van der Waals surface area contributed by atoms with E-state index in [2.05, 4.69) is 5.32 Å². The van der Waals surface area contributed by atoms with Crippen LogP contribution in [0.1, 0.15) is 38.3 Å². The first-order valence-corrected chi connectivity index (χ1v) is 15.3. The third-order valence-electron chi connectivity index (χ3n) is 6.28. The molecule has 0 fully saturated rings. The minimum atomic E-state index is -4.20. The van der Waals surface area contributed by atoms with E-state index >= 15 is 0 Å². The number of amides is 2. The van der Waals surface area contributed by atoms with Crippen LogP contribution < -0.4 is 9.62 Å². The molecule has 0 spiro atoms. The highest BCUT2D eigenvalue weighted by molar-refractivity contribution is 7.92. The third-order valence-corrected chi connectivity index (χ3v) is 8.56. The van der Waals surface area contributed by atoms with Crippen molar-refractivity contribution < 1.29 is 18.0 Å². The van der Waals surface area contributed by atoms with E-state index in [0.29, 0.717) is 23.0 Å². The van der Waals surface area contributed by atoms with Gasteiger partial charge in [0.1, 0.15) is 12.6 Å². The van der Waals surface area contributed by atoms with Gasteiger partial charge in [0.15, 0.2) is 0 Å². The highest BCUT2D eigenvalue weighted by atomic mass is 35.5. The Bertz CT molecular complexity index is 1430. The molecule has 2 amide bonds. The second-order valence-electron chi connectivity index (χ2n) is 10.0. The van der Waals surface area contributed by atoms with Crippen molar-refractivity contribution in [2.24, 2.45) is 5.92 Å². The number of halogens is 2. The van der Waals surface area contributed by atoms with Crippen molar-refractivity contribution in [1.29, 1.82) is 0 Å². The molecule has 0 radical (unpaired) electrons. The number of sulfonamides is 1. The first-order valence-electron chi connectivity index (χ1n) is 13.1. The number of carbonyl (C=O) groups excluding carboxylic acids is 2. The Morgan fingerprint density at radius 2 is 1.60 bits per heavy atom. The van der Waals surface area contributed by atoms with Crippen molar-refractivity contribution in [3.63, 3.8) is 0 Å². The van der Waals surface area contributed by atoms with Crippen LogP contribution in [0.3, 0.4) is 0 Å². The Balaban J connectivity index is 2.05. The third kappa shape index (κ3) is 8.22. The summed E-state index contributed by atoms with van der Waals surface area (Å²) in [5.74, 6) is -0.581. The van der Waals surface area contributed by atoms with Crippen LogP contribution in [0.4, 0.5) is 5.69 Å². The zero-order valence-electron chi connectivity index (χ0n) is 23.1. The van der Waals surface area contributed by atoms with E-state index in [4.69, 9.17) is 23.2 Å². The molecule has 40 heavy (non-hydrogen) atoms. The minimum Gasteiger partial charge on any atom is -0.354 e. The largest absolute Gasteiger partial charge is 0.354 e. The number of rotatable bonds is 12. The van der Waals surface area contributed by atoms with Crippen LogP contribution in [0, 0.1) is 12.8 Å². The van der Waals surface area contributed by atoms with Gasteiger partial charge in [-0.25, -0.2) is 8.42 Å². The van der Waals surface area contributed by atoms with Crippen molar-refractivity contribution in [2.45, 2.75) is 51.6 Å². The summed E-state index contributed by atoms with van der Waals surface area (Å²) in [6.45, 7) is 7.81. The normalized spacial score (nSPS) is 12.2. The fourth-order valence-corrected chi connectivity index (χ4v) is 5.96. The van der Waals surface area contributed by atoms with Crippen molar-refractivity contribution in [3.05, 3.63) is 94.0 Å². The lowest BCUT2D eigenvalue weighted by Gasteiger charge is -2.33. The first kappa shape index (κ1) is 31.5. The minimum absolute atomic E-state index is 0.0309. The quantitative estimate of drug-likeness (QED) is 0.272. The second-order valence-corrected chi connectivity index (χ2v) is 12.8. The Morgan fingerprint density at radius 1 is 0.925 bits per heavy atom. The predicted molar refractivity (Wildman–Crippen MR) is 161 cm³/mol. The molecule has 214 valence electrons. The molecule has 7 nitrogen and oxygen atoms in total. The van der Waals surface area contributed by atoms with Crippen LogP contribution in [0.15, 0.2) is 77.7 Å². The van der Waals surface area contributed by atoms with Crippen LogP contribution in [0.5, 0.6) is 0 Å². The van der Waals surface area contributed by atoms with Gasteiger partial charge in [-0.15, -0.1) is 0 Å². The highest BCUT2D eigenvalue weighted by Gasteiger charge is 2.33. The average Bonchev–Trinajstić information content (AvgIpc) is 2.90. The molecule has 1 unspecified atom stereocenters. The summed E-state index contributed by atoms with van der Waals surface area (Å²) in [6, 6.07) is 18.9. The number of aryl methyl sites for hydroxylation is 1. The first-order chi connectivity index (χ1) is 18.9. The van der Waals surface area contributed by atoms with Gasteiger partial charge >= 0.3 is 0 Å². The lowest BCUT2D eigenvalue weighted by Crippen LogP contribution is -2.52. The maximum Gasteiger partial charge on any atom is 0.264 e. The molecule has 0 aromatic heterocycles. The maximum absolute atomic E-state index is 14.1. The lowest BCUT2D eigenvalue weighted by molar-refractivity contribution is -0.140. The van der Waals surface area contributed by atoms with E-state index in [0.717, 1.165) is 15.4 Å². The van der Waals surface area contributed by atoms with Gasteiger partial charge in [-0.3, -0.25) is 13.9 Å². The average molecular weight is 605 g/mol. The highest BCUT2D eigenvalue weighted by Crippen LogP contribution is 2.27. The Hall–Kier alpha value is -3.07. The summed E-state index contributed by atoms with van der Waals surface area (Å²) in [6.07, 6.45) is 0.350. The molecule has 0 saturated carbocycles. The summed E-state index contributed by atoms with van der Waals surface area (Å²) < 4.78 is 28.7. The zero-order valence-corrected chi connectivity index (χ0v) is 25.4. The molecule has 3 rings (SSSR count). The topological polar surface area (TPSA) is 86.8 Å². The number of hydrogen-bond acceptors (Lipinski definition) is 4. The van der Waals surface area contributed by atoms with E-state index in [9.17, 15) is 18.0 Å². The number of carbonyl (C=O) groups is 2. The van der Waals surface area contributed by atoms with E-state index in [1.807, 2.05) is 52.0 Å². The summed E-state index contributed by atoms with van der Waals surface area (Å²) in [4.78, 5) is 28.8. The molecule has 0 aliphatic heterocycles. The smallest absolute Gasteiger partial charge is 0.264 e. The number of anilines is 1. The SMILES string of the molecule is CCC(C(=O)NCC(C)C)N(Cc1cccc(C)c1)C(=O)CN(c1cccc(Cl)c1)S(=O)(=O)c1ccc(Cl)cc1. The second kappa shape index (κ2) is 14.0. The van der Waals surface area contributed by atoms with Gasteiger partial charge in [-0.1, -0.05) is 79.9 Å². The van der Waals surface area contributed by atoms with Gasteiger partial charge in [0.05, 0.1) is 10.6 Å². The molecule has 10 heteroatoms. The standard InChI is InChI=1S/C30H35Cl2N3O4S/c1-5-28(30(37)33-18-21(2)3)34(19-23-9-6-8-22(4)16-23)29(36)20-35(26-11-7-10-25(32)17-26)40(38,39)27-14-12-24(31)13-15-27/h6-17,21,28H,5,18-20H2,1-4H3,(H,33,37). The van der Waals surface area contributed by atoms with E-state index in [1.165, 1.54) is 35.2 Å². The molecule has 3 aromatic carbocycles. The van der Waals surface area contributed by atoms with Crippen LogP contribution in [0.25, 0.3) is 0 Å². The van der Waals surface area contributed by atoms with Crippen molar-refractivity contribution in [3.8, 4) is 0 Å². The molecule has 3 aromatic rings. The van der Waals surface area contributed by atoms with Crippen LogP contribution in [0.2, 0.25) is 10.0 Å². The molecular formula is C30H35Cl2N3O4S. The van der Waals surface area contributed by atoms with Crippen LogP contribution in [-0.2, 0) is 26.2 Å². The van der Waals surface area contributed by atoms with Crippen molar-refractivity contribution in [1.82, 2.24) is 10.2 Å². The zero-order chi connectivity index (χ0) is 29.4. The molecule has 0 heterocycles. The fourth-order valence-electron chi connectivity index (χ4n) is 4.24. The lowest BCUT2D eigenvalue weighted by atomic mass is 10.1. The predicted octanol–water partition coefficient (Wildman–Crippen LogP) is 6.08. The monoisotopic (exact) mass is 603 g/mol. The van der Waals surface area contributed by atoms with E-state index < -0.39 is 28.5 Å². The Labute approximate surface area is 247 Å². The van der Waals surface area contributed by atoms with Crippen molar-refractivity contribution >= 4 is 50.7 Å². The van der Waals surface area contributed by atoms with Gasteiger partial charge in [-0.05, 0) is 67.3 Å². The van der Waals surface area contributed by atoms with E-state index in [1.54, 1.807) is 18.2 Å². The summed E-state index contributed by atoms with van der Waals surface area (Å²) >= 11 is 12.2. The number of nitrogens with zero attached hydrogens (tertiary/aromatic N) is 2.